The maximum atomic E-state index is 10.5. The van der Waals surface area contributed by atoms with Crippen LogP contribution in [0, 0.1) is 10.1 Å². The molecule has 0 spiro atoms. The van der Waals surface area contributed by atoms with E-state index >= 15 is 0 Å². The van der Waals surface area contributed by atoms with Crippen molar-refractivity contribution < 1.29 is 9.72 Å². The standard InChI is InChI=1S/C9H6N2O3S/c12-5-15-9-4-6-3-7(11(13)14)1-2-8(6)10-9/h1-5,10H. The number of nitro benzene ring substituents is 1. The molecule has 0 amide bonds. The van der Waals surface area contributed by atoms with Gasteiger partial charge in [0.1, 0.15) is 0 Å². The van der Waals surface area contributed by atoms with Gasteiger partial charge >= 0.3 is 0 Å². The molecule has 0 aliphatic rings. The number of rotatable bonds is 3. The summed E-state index contributed by atoms with van der Waals surface area (Å²) in [7, 11) is 0. The fourth-order valence-electron chi connectivity index (χ4n) is 1.32. The van der Waals surface area contributed by atoms with E-state index in [4.69, 9.17) is 0 Å². The van der Waals surface area contributed by atoms with Crippen molar-refractivity contribution >= 4 is 34.0 Å². The molecule has 0 saturated carbocycles. The van der Waals surface area contributed by atoms with Gasteiger partial charge < -0.3 is 4.98 Å². The quantitative estimate of drug-likeness (QED) is 0.374. The average molecular weight is 222 g/mol. The molecule has 1 heterocycles. The molecule has 76 valence electrons. The van der Waals surface area contributed by atoms with E-state index in [-0.39, 0.29) is 5.69 Å². The Kier molecular flexibility index (Phi) is 2.42. The minimum atomic E-state index is -0.445. The van der Waals surface area contributed by atoms with Gasteiger partial charge in [0, 0.05) is 23.0 Å². The van der Waals surface area contributed by atoms with Gasteiger partial charge in [-0.1, -0.05) is 0 Å². The van der Waals surface area contributed by atoms with Crippen LogP contribution in [-0.2, 0) is 4.79 Å². The molecular formula is C9H6N2O3S. The summed E-state index contributed by atoms with van der Waals surface area (Å²) in [5.41, 5.74) is 1.54. The number of nitro groups is 1. The molecule has 0 radical (unpaired) electrons. The molecule has 2 rings (SSSR count). The second kappa shape index (κ2) is 3.74. The number of thioether (sulfide) groups is 1. The van der Waals surface area contributed by atoms with Gasteiger partial charge in [0.05, 0.1) is 9.95 Å². The third-order valence-corrected chi connectivity index (χ3v) is 2.54. The normalized spacial score (nSPS) is 10.4. The summed E-state index contributed by atoms with van der Waals surface area (Å²) < 4.78 is 0. The van der Waals surface area contributed by atoms with E-state index in [0.717, 1.165) is 22.7 Å². The molecule has 1 aromatic carbocycles. The number of hydrogen-bond acceptors (Lipinski definition) is 4. The first-order valence-electron chi connectivity index (χ1n) is 4.08. The molecule has 0 saturated heterocycles. The summed E-state index contributed by atoms with van der Waals surface area (Å²) in [6.45, 7) is 0. The number of fused-ring (bicyclic) bond motifs is 1. The first-order chi connectivity index (χ1) is 7.20. The number of non-ortho nitro benzene ring substituents is 1. The number of nitrogens with zero attached hydrogens (tertiary/aromatic N) is 1. The molecule has 1 N–H and O–H groups in total. The highest BCUT2D eigenvalue weighted by Gasteiger charge is 2.08. The zero-order valence-electron chi connectivity index (χ0n) is 7.47. The minimum Gasteiger partial charge on any atom is -0.349 e. The fourth-order valence-corrected chi connectivity index (χ4v) is 1.79. The van der Waals surface area contributed by atoms with Crippen LogP contribution >= 0.6 is 11.8 Å². The zero-order valence-corrected chi connectivity index (χ0v) is 8.28. The van der Waals surface area contributed by atoms with Crippen LogP contribution in [0.25, 0.3) is 10.9 Å². The lowest BCUT2D eigenvalue weighted by atomic mass is 10.2. The maximum Gasteiger partial charge on any atom is 0.270 e. The van der Waals surface area contributed by atoms with E-state index in [9.17, 15) is 14.9 Å². The molecule has 0 atom stereocenters. The number of H-pyrrole nitrogens is 1. The summed E-state index contributed by atoms with van der Waals surface area (Å²) in [6, 6.07) is 6.23. The van der Waals surface area contributed by atoms with Crippen LogP contribution < -0.4 is 0 Å². The number of benzene rings is 1. The van der Waals surface area contributed by atoms with Gasteiger partial charge in [-0.25, -0.2) is 0 Å². The Morgan fingerprint density at radius 3 is 2.87 bits per heavy atom. The van der Waals surface area contributed by atoms with Gasteiger partial charge in [-0.2, -0.15) is 0 Å². The van der Waals surface area contributed by atoms with Crippen molar-refractivity contribution in [3.63, 3.8) is 0 Å². The van der Waals surface area contributed by atoms with Gasteiger partial charge in [-0.15, -0.1) is 0 Å². The summed E-state index contributed by atoms with van der Waals surface area (Å²) in [5.74, 6) is 0. The Hall–Kier alpha value is -1.82. The fraction of sp³-hybridized carbons (Fsp3) is 0. The van der Waals surface area contributed by atoms with Crippen molar-refractivity contribution in [2.75, 3.05) is 0 Å². The number of hydrogen-bond donors (Lipinski definition) is 1. The molecule has 0 aliphatic carbocycles. The lowest BCUT2D eigenvalue weighted by Crippen LogP contribution is -1.86. The topological polar surface area (TPSA) is 76.0 Å². The van der Waals surface area contributed by atoms with Gasteiger partial charge in [-0.3, -0.25) is 14.9 Å². The first kappa shape index (κ1) is 9.72. The van der Waals surface area contributed by atoms with Crippen molar-refractivity contribution in [2.45, 2.75) is 5.03 Å². The first-order valence-corrected chi connectivity index (χ1v) is 4.96. The summed E-state index contributed by atoms with van der Waals surface area (Å²) in [4.78, 5) is 23.3. The molecule has 1 aromatic heterocycles. The van der Waals surface area contributed by atoms with Crippen molar-refractivity contribution in [1.29, 1.82) is 0 Å². The zero-order chi connectivity index (χ0) is 10.8. The highest BCUT2D eigenvalue weighted by molar-refractivity contribution is 8.11. The average Bonchev–Trinajstić information content (AvgIpc) is 2.59. The van der Waals surface area contributed by atoms with Crippen LogP contribution in [0.15, 0.2) is 29.3 Å². The SMILES string of the molecule is O=CSc1cc2cc([N+](=O)[O-])ccc2[nH]1. The molecular weight excluding hydrogens is 216 g/mol. The molecule has 0 unspecified atom stereocenters. The number of aromatic amines is 1. The van der Waals surface area contributed by atoms with Crippen LogP contribution in [0.3, 0.4) is 0 Å². The predicted molar refractivity (Wildman–Crippen MR) is 57.6 cm³/mol. The van der Waals surface area contributed by atoms with Gasteiger partial charge in [-0.05, 0) is 23.9 Å². The Labute approximate surface area is 88.6 Å². The highest BCUT2D eigenvalue weighted by atomic mass is 32.2. The Balaban J connectivity index is 2.51. The van der Waals surface area contributed by atoms with Gasteiger partial charge in [0.15, 0.2) is 5.62 Å². The second-order valence-corrected chi connectivity index (χ2v) is 3.74. The van der Waals surface area contributed by atoms with Crippen LogP contribution in [-0.4, -0.2) is 15.5 Å². The van der Waals surface area contributed by atoms with Crippen molar-refractivity contribution in [1.82, 2.24) is 4.98 Å². The number of carbonyl (C=O) groups is 1. The van der Waals surface area contributed by atoms with Gasteiger partial charge in [0.25, 0.3) is 5.69 Å². The highest BCUT2D eigenvalue weighted by Crippen LogP contribution is 2.25. The lowest BCUT2D eigenvalue weighted by Gasteiger charge is -1.90. The summed E-state index contributed by atoms with van der Waals surface area (Å²) >= 11 is 1.01. The summed E-state index contributed by atoms with van der Waals surface area (Å²) in [5, 5.41) is 11.9. The van der Waals surface area contributed by atoms with E-state index in [1.807, 2.05) is 0 Å². The van der Waals surface area contributed by atoms with Crippen molar-refractivity contribution in [3.8, 4) is 0 Å². The minimum absolute atomic E-state index is 0.0455. The maximum absolute atomic E-state index is 10.5. The van der Waals surface area contributed by atoms with Crippen LogP contribution in [0.4, 0.5) is 5.69 Å². The number of aromatic nitrogens is 1. The van der Waals surface area contributed by atoms with Crippen molar-refractivity contribution in [3.05, 3.63) is 34.4 Å². The molecule has 15 heavy (non-hydrogen) atoms. The molecule has 6 heteroatoms. The number of nitrogens with one attached hydrogen (secondary N) is 1. The van der Waals surface area contributed by atoms with E-state index in [2.05, 4.69) is 4.98 Å². The number of carbonyl (C=O) groups excluding carboxylic acids is 1. The molecule has 2 aromatic rings. The second-order valence-electron chi connectivity index (χ2n) is 2.88. The van der Waals surface area contributed by atoms with E-state index in [0.29, 0.717) is 10.6 Å². The van der Waals surface area contributed by atoms with Gasteiger partial charge in [0.2, 0.25) is 0 Å². The smallest absolute Gasteiger partial charge is 0.270 e. The van der Waals surface area contributed by atoms with Crippen LogP contribution in [0.5, 0.6) is 0 Å². The lowest BCUT2D eigenvalue weighted by molar-refractivity contribution is -0.384. The molecule has 0 fully saturated rings. The van der Waals surface area contributed by atoms with Crippen molar-refractivity contribution in [2.24, 2.45) is 0 Å². The molecule has 5 nitrogen and oxygen atoms in total. The Bertz CT molecular complexity index is 535. The van der Waals surface area contributed by atoms with E-state index in [1.165, 1.54) is 12.1 Å². The van der Waals surface area contributed by atoms with E-state index < -0.39 is 4.92 Å². The van der Waals surface area contributed by atoms with E-state index in [1.54, 1.807) is 12.1 Å². The molecule has 0 bridgehead atoms. The predicted octanol–water partition coefficient (Wildman–Crippen LogP) is 2.36. The monoisotopic (exact) mass is 222 g/mol. The van der Waals surface area contributed by atoms with Crippen LogP contribution in [0.1, 0.15) is 0 Å². The largest absolute Gasteiger partial charge is 0.349 e. The summed E-state index contributed by atoms with van der Waals surface area (Å²) in [6.07, 6.45) is 0. The Morgan fingerprint density at radius 1 is 1.40 bits per heavy atom. The molecule has 0 aliphatic heterocycles. The van der Waals surface area contributed by atoms with Crippen LogP contribution in [0.2, 0.25) is 0 Å². The third-order valence-electron chi connectivity index (χ3n) is 1.97. The Morgan fingerprint density at radius 2 is 2.20 bits per heavy atom. The third kappa shape index (κ3) is 1.84.